The van der Waals surface area contributed by atoms with Gasteiger partial charge in [0.05, 0.1) is 12.1 Å². The first-order valence-corrected chi connectivity index (χ1v) is 7.78. The molecule has 0 heterocycles. The van der Waals surface area contributed by atoms with Crippen LogP contribution in [0.4, 0.5) is 4.39 Å². The molecule has 24 heavy (non-hydrogen) atoms. The van der Waals surface area contributed by atoms with E-state index >= 15 is 0 Å². The maximum absolute atomic E-state index is 13.7. The lowest BCUT2D eigenvalue weighted by atomic mass is 10.2. The lowest BCUT2D eigenvalue weighted by molar-refractivity contribution is -0.137. The van der Waals surface area contributed by atoms with Gasteiger partial charge in [-0.3, -0.25) is 4.79 Å². The normalized spacial score (nSPS) is 11.7. The number of amides is 1. The van der Waals surface area contributed by atoms with Gasteiger partial charge in [0.1, 0.15) is 5.75 Å². The third kappa shape index (κ3) is 4.38. The number of carbonyl (C=O) groups is 1. The largest absolute Gasteiger partial charge is 0.494 e. The van der Waals surface area contributed by atoms with Crippen molar-refractivity contribution in [2.24, 2.45) is 0 Å². The van der Waals surface area contributed by atoms with E-state index in [4.69, 9.17) is 21.1 Å². The summed E-state index contributed by atoms with van der Waals surface area (Å²) in [6.07, 6.45) is -0.710. The van der Waals surface area contributed by atoms with Crippen molar-refractivity contribution < 1.29 is 18.7 Å². The van der Waals surface area contributed by atoms with Crippen LogP contribution < -0.4 is 9.47 Å². The number of methoxy groups -OCH3 is 1. The van der Waals surface area contributed by atoms with Crippen LogP contribution in [0.2, 0.25) is 5.02 Å². The van der Waals surface area contributed by atoms with Crippen molar-refractivity contribution >= 4 is 17.5 Å². The van der Waals surface area contributed by atoms with Crippen molar-refractivity contribution in [2.45, 2.75) is 19.6 Å². The van der Waals surface area contributed by atoms with Gasteiger partial charge in [-0.2, -0.15) is 0 Å². The number of rotatable bonds is 6. The molecule has 6 heteroatoms. The Kier molecular flexibility index (Phi) is 6.04. The minimum Gasteiger partial charge on any atom is -0.494 e. The molecule has 0 aromatic heterocycles. The van der Waals surface area contributed by atoms with Crippen LogP contribution >= 0.6 is 11.6 Å². The molecule has 2 rings (SSSR count). The number of benzene rings is 2. The van der Waals surface area contributed by atoms with Gasteiger partial charge in [-0.15, -0.1) is 0 Å². The molecule has 0 saturated heterocycles. The number of nitrogens with zero attached hydrogens (tertiary/aromatic N) is 1. The Morgan fingerprint density at radius 1 is 1.25 bits per heavy atom. The number of para-hydroxylation sites is 1. The Hall–Kier alpha value is -2.27. The minimum absolute atomic E-state index is 0.170. The molecular weight excluding hydrogens is 333 g/mol. The Balaban J connectivity index is 2.01. The highest BCUT2D eigenvalue weighted by atomic mass is 35.5. The molecule has 128 valence electrons. The fourth-order valence-electron chi connectivity index (χ4n) is 2.25. The highest BCUT2D eigenvalue weighted by molar-refractivity contribution is 6.32. The third-order valence-corrected chi connectivity index (χ3v) is 3.81. The van der Waals surface area contributed by atoms with Crippen molar-refractivity contribution in [2.75, 3.05) is 14.2 Å². The fraction of sp³-hybridized carbons (Fsp3) is 0.278. The van der Waals surface area contributed by atoms with E-state index in [0.717, 1.165) is 0 Å². The lowest BCUT2D eigenvalue weighted by Gasteiger charge is -2.22. The van der Waals surface area contributed by atoms with E-state index in [9.17, 15) is 9.18 Å². The third-order valence-electron chi connectivity index (χ3n) is 3.50. The van der Waals surface area contributed by atoms with Crippen molar-refractivity contribution in [3.05, 3.63) is 58.9 Å². The van der Waals surface area contributed by atoms with E-state index in [-0.39, 0.29) is 18.2 Å². The van der Waals surface area contributed by atoms with Crippen LogP contribution in [0, 0.1) is 5.82 Å². The summed E-state index contributed by atoms with van der Waals surface area (Å²) >= 11 is 6.02. The Morgan fingerprint density at radius 2 is 1.96 bits per heavy atom. The van der Waals surface area contributed by atoms with Gasteiger partial charge in [-0.25, -0.2) is 4.39 Å². The van der Waals surface area contributed by atoms with E-state index < -0.39 is 11.9 Å². The van der Waals surface area contributed by atoms with E-state index in [1.54, 1.807) is 44.3 Å². The molecule has 0 aliphatic rings. The van der Waals surface area contributed by atoms with Crippen LogP contribution in [-0.4, -0.2) is 31.1 Å². The molecule has 0 radical (unpaired) electrons. The van der Waals surface area contributed by atoms with Crippen LogP contribution in [0.25, 0.3) is 0 Å². The number of carbonyl (C=O) groups excluding carboxylic acids is 1. The standard InChI is InChI=1S/C18H19ClFNO3/c1-12(24-16-7-5-4-6-14(16)19)18(22)21(2)11-13-8-9-17(23-3)15(20)10-13/h4-10,12H,11H2,1-3H3. The Labute approximate surface area is 145 Å². The maximum atomic E-state index is 13.7. The smallest absolute Gasteiger partial charge is 0.263 e. The summed E-state index contributed by atoms with van der Waals surface area (Å²) in [5, 5.41) is 0.442. The van der Waals surface area contributed by atoms with Crippen LogP contribution in [0.1, 0.15) is 12.5 Å². The molecule has 0 N–H and O–H groups in total. The Morgan fingerprint density at radius 3 is 2.58 bits per heavy atom. The number of halogens is 2. The monoisotopic (exact) mass is 351 g/mol. The second-order valence-corrected chi connectivity index (χ2v) is 5.76. The topological polar surface area (TPSA) is 38.8 Å². The van der Waals surface area contributed by atoms with Crippen LogP contribution in [0.15, 0.2) is 42.5 Å². The quantitative estimate of drug-likeness (QED) is 0.792. The average molecular weight is 352 g/mol. The molecule has 0 aliphatic carbocycles. The molecule has 4 nitrogen and oxygen atoms in total. The zero-order chi connectivity index (χ0) is 17.7. The van der Waals surface area contributed by atoms with E-state index in [1.165, 1.54) is 24.1 Å². The predicted molar refractivity (Wildman–Crippen MR) is 91.0 cm³/mol. The summed E-state index contributed by atoms with van der Waals surface area (Å²) in [7, 11) is 3.04. The fourth-order valence-corrected chi connectivity index (χ4v) is 2.43. The lowest BCUT2D eigenvalue weighted by Crippen LogP contribution is -2.37. The summed E-state index contributed by atoms with van der Waals surface area (Å²) in [6, 6.07) is 11.6. The zero-order valence-electron chi connectivity index (χ0n) is 13.8. The number of hydrogen-bond acceptors (Lipinski definition) is 3. The molecule has 0 fully saturated rings. The maximum Gasteiger partial charge on any atom is 0.263 e. The second kappa shape index (κ2) is 8.02. The first-order valence-electron chi connectivity index (χ1n) is 7.41. The minimum atomic E-state index is -0.710. The zero-order valence-corrected chi connectivity index (χ0v) is 14.5. The van der Waals surface area contributed by atoms with Gasteiger partial charge in [-0.1, -0.05) is 29.8 Å². The SMILES string of the molecule is COc1ccc(CN(C)C(=O)C(C)Oc2ccccc2Cl)cc1F. The average Bonchev–Trinajstić information content (AvgIpc) is 2.56. The summed E-state index contributed by atoms with van der Waals surface area (Å²) < 4.78 is 24.2. The van der Waals surface area contributed by atoms with E-state index in [0.29, 0.717) is 16.3 Å². The first kappa shape index (κ1) is 18.1. The van der Waals surface area contributed by atoms with Crippen molar-refractivity contribution in [3.8, 4) is 11.5 Å². The van der Waals surface area contributed by atoms with Gasteiger partial charge in [0.2, 0.25) is 0 Å². The van der Waals surface area contributed by atoms with Gasteiger partial charge in [-0.05, 0) is 36.8 Å². The second-order valence-electron chi connectivity index (χ2n) is 5.35. The molecule has 0 bridgehead atoms. The summed E-state index contributed by atoms with van der Waals surface area (Å²) in [5.74, 6) is -0.0746. The molecule has 1 amide bonds. The van der Waals surface area contributed by atoms with Crippen molar-refractivity contribution in [1.29, 1.82) is 0 Å². The molecule has 0 spiro atoms. The number of hydrogen-bond donors (Lipinski definition) is 0. The predicted octanol–water partition coefficient (Wildman–Crippen LogP) is 3.91. The molecule has 0 aliphatic heterocycles. The number of ether oxygens (including phenoxy) is 2. The summed E-state index contributed by atoms with van der Waals surface area (Å²) in [5.41, 5.74) is 0.661. The highest BCUT2D eigenvalue weighted by Gasteiger charge is 2.20. The summed E-state index contributed by atoms with van der Waals surface area (Å²) in [6.45, 7) is 1.91. The van der Waals surface area contributed by atoms with Crippen LogP contribution in [0.5, 0.6) is 11.5 Å². The Bertz CT molecular complexity index is 723. The molecule has 2 aromatic carbocycles. The highest BCUT2D eigenvalue weighted by Crippen LogP contribution is 2.24. The molecule has 2 aromatic rings. The van der Waals surface area contributed by atoms with Crippen LogP contribution in [0.3, 0.4) is 0 Å². The van der Waals surface area contributed by atoms with Gasteiger partial charge >= 0.3 is 0 Å². The van der Waals surface area contributed by atoms with E-state index in [1.807, 2.05) is 0 Å². The number of likely N-dealkylation sites (N-methyl/N-ethyl adjacent to an activating group) is 1. The summed E-state index contributed by atoms with van der Waals surface area (Å²) in [4.78, 5) is 13.9. The van der Waals surface area contributed by atoms with Crippen LogP contribution in [-0.2, 0) is 11.3 Å². The van der Waals surface area contributed by atoms with Crippen molar-refractivity contribution in [3.63, 3.8) is 0 Å². The molecule has 1 unspecified atom stereocenters. The van der Waals surface area contributed by atoms with Gasteiger partial charge in [0.25, 0.3) is 5.91 Å². The van der Waals surface area contributed by atoms with Gasteiger partial charge < -0.3 is 14.4 Å². The van der Waals surface area contributed by atoms with Crippen molar-refractivity contribution in [1.82, 2.24) is 4.90 Å². The molecule has 0 saturated carbocycles. The van der Waals surface area contributed by atoms with Gasteiger partial charge in [0, 0.05) is 13.6 Å². The van der Waals surface area contributed by atoms with Gasteiger partial charge in [0.15, 0.2) is 17.7 Å². The molecule has 1 atom stereocenters. The molecular formula is C18H19ClFNO3. The van der Waals surface area contributed by atoms with E-state index in [2.05, 4.69) is 0 Å². The first-order chi connectivity index (χ1) is 11.4.